The lowest BCUT2D eigenvalue weighted by Crippen LogP contribution is -2.39. The molecule has 0 saturated carbocycles. The lowest BCUT2D eigenvalue weighted by molar-refractivity contribution is 0.0460. The lowest BCUT2D eigenvalue weighted by atomic mass is 10.0. The summed E-state index contributed by atoms with van der Waals surface area (Å²) in [7, 11) is 0. The first-order valence-corrected chi connectivity index (χ1v) is 11.0. The van der Waals surface area contributed by atoms with Gasteiger partial charge in [-0.3, -0.25) is 9.69 Å². The summed E-state index contributed by atoms with van der Waals surface area (Å²) in [6.07, 6.45) is 0.381. The summed E-state index contributed by atoms with van der Waals surface area (Å²) in [5, 5.41) is 21.6. The van der Waals surface area contributed by atoms with E-state index in [1.54, 1.807) is 12.1 Å². The normalized spacial score (nSPS) is 14.1. The number of nitrogens with two attached hydrogens (primary N) is 1. The first-order valence-electron chi connectivity index (χ1n) is 11.0. The fraction of sp³-hybridized carbons (Fsp3) is 0.296. The number of hydrogen-bond acceptors (Lipinski definition) is 4. The van der Waals surface area contributed by atoms with Crippen molar-refractivity contribution in [1.29, 1.82) is 0 Å². The lowest BCUT2D eigenvalue weighted by Gasteiger charge is -2.33. The second-order valence-corrected chi connectivity index (χ2v) is 8.26. The fourth-order valence-corrected chi connectivity index (χ4v) is 3.83. The van der Waals surface area contributed by atoms with Crippen LogP contribution in [0, 0.1) is 0 Å². The van der Waals surface area contributed by atoms with Crippen LogP contribution in [0.2, 0.25) is 0 Å². The third-order valence-electron chi connectivity index (χ3n) is 5.90. The Balaban J connectivity index is 1.68. The Morgan fingerprint density at radius 2 is 1.28 bits per heavy atom. The van der Waals surface area contributed by atoms with Gasteiger partial charge in [-0.05, 0) is 48.6 Å². The second-order valence-electron chi connectivity index (χ2n) is 8.26. The summed E-state index contributed by atoms with van der Waals surface area (Å²) >= 11 is 0. The Kier molecular flexibility index (Phi) is 8.56. The number of hydrogen-bond donors (Lipinski definition) is 3. The highest BCUT2D eigenvalue weighted by Gasteiger charge is 2.22. The second kappa shape index (κ2) is 11.6. The van der Waals surface area contributed by atoms with Crippen molar-refractivity contribution in [1.82, 2.24) is 4.90 Å². The van der Waals surface area contributed by atoms with Crippen LogP contribution < -0.4 is 5.73 Å². The summed E-state index contributed by atoms with van der Waals surface area (Å²) in [6.45, 7) is 2.97. The highest BCUT2D eigenvalue weighted by Crippen LogP contribution is 2.21. The molecule has 0 aromatic heterocycles. The van der Waals surface area contributed by atoms with E-state index in [0.717, 1.165) is 29.5 Å². The molecule has 0 saturated heterocycles. The zero-order chi connectivity index (χ0) is 22.9. The average molecular weight is 433 g/mol. The van der Waals surface area contributed by atoms with E-state index < -0.39 is 18.1 Å². The van der Waals surface area contributed by atoms with Gasteiger partial charge in [-0.2, -0.15) is 0 Å². The minimum Gasteiger partial charge on any atom is -0.387 e. The molecule has 0 fully saturated rings. The molecule has 3 aromatic rings. The number of carbonyl (C=O) groups is 1. The summed E-state index contributed by atoms with van der Waals surface area (Å²) < 4.78 is 0. The first kappa shape index (κ1) is 23.7. The third kappa shape index (κ3) is 6.76. The van der Waals surface area contributed by atoms with Crippen LogP contribution in [-0.2, 0) is 6.42 Å². The van der Waals surface area contributed by atoms with E-state index in [0.29, 0.717) is 18.7 Å². The number of benzene rings is 3. The van der Waals surface area contributed by atoms with Gasteiger partial charge >= 0.3 is 0 Å². The van der Waals surface area contributed by atoms with Crippen LogP contribution in [0.4, 0.5) is 0 Å². The zero-order valence-electron chi connectivity index (χ0n) is 18.5. The van der Waals surface area contributed by atoms with E-state index in [-0.39, 0.29) is 6.04 Å². The minimum atomic E-state index is -0.642. The number of aryl methyl sites for hydroxylation is 1. The maximum Gasteiger partial charge on any atom is 0.248 e. The van der Waals surface area contributed by atoms with Crippen molar-refractivity contribution in [2.24, 2.45) is 5.73 Å². The molecule has 3 aromatic carbocycles. The number of rotatable bonds is 11. The van der Waals surface area contributed by atoms with E-state index in [9.17, 15) is 15.0 Å². The van der Waals surface area contributed by atoms with Crippen molar-refractivity contribution < 1.29 is 15.0 Å². The van der Waals surface area contributed by atoms with E-state index in [1.807, 2.05) is 72.8 Å². The molecular weight excluding hydrogens is 400 g/mol. The predicted octanol–water partition coefficient (Wildman–Crippen LogP) is 3.88. The molecule has 3 atom stereocenters. The Labute approximate surface area is 190 Å². The van der Waals surface area contributed by atoms with Crippen molar-refractivity contribution in [3.8, 4) is 0 Å². The Morgan fingerprint density at radius 3 is 1.72 bits per heavy atom. The molecule has 0 aliphatic heterocycles. The van der Waals surface area contributed by atoms with Gasteiger partial charge in [0.2, 0.25) is 5.91 Å². The molecule has 1 amide bonds. The van der Waals surface area contributed by atoms with E-state index in [2.05, 4.69) is 11.8 Å². The van der Waals surface area contributed by atoms with E-state index >= 15 is 0 Å². The Bertz CT molecular complexity index is 914. The molecule has 5 heteroatoms. The van der Waals surface area contributed by atoms with Crippen LogP contribution in [-0.4, -0.2) is 40.2 Å². The van der Waals surface area contributed by atoms with E-state index in [4.69, 9.17) is 5.73 Å². The molecule has 0 aliphatic rings. The number of aliphatic hydroxyl groups excluding tert-OH is 2. The van der Waals surface area contributed by atoms with E-state index in [1.165, 1.54) is 0 Å². The smallest absolute Gasteiger partial charge is 0.248 e. The van der Waals surface area contributed by atoms with Crippen LogP contribution in [0.1, 0.15) is 52.6 Å². The predicted molar refractivity (Wildman–Crippen MR) is 127 cm³/mol. The summed E-state index contributed by atoms with van der Waals surface area (Å²) in [4.78, 5) is 13.4. The number of carbonyl (C=O) groups excluding carboxylic acids is 1. The topological polar surface area (TPSA) is 86.8 Å². The van der Waals surface area contributed by atoms with Crippen molar-refractivity contribution >= 4 is 5.91 Å². The highest BCUT2D eigenvalue weighted by atomic mass is 16.3. The Hall–Kier alpha value is -2.99. The molecule has 0 spiro atoms. The monoisotopic (exact) mass is 432 g/mol. The van der Waals surface area contributed by atoms with Gasteiger partial charge in [0.25, 0.3) is 0 Å². The van der Waals surface area contributed by atoms with Crippen LogP contribution in [0.5, 0.6) is 0 Å². The molecule has 0 unspecified atom stereocenters. The van der Waals surface area contributed by atoms with Gasteiger partial charge in [-0.15, -0.1) is 0 Å². The third-order valence-corrected chi connectivity index (χ3v) is 5.90. The van der Waals surface area contributed by atoms with Crippen molar-refractivity contribution in [3.05, 3.63) is 107 Å². The molecule has 32 heavy (non-hydrogen) atoms. The van der Waals surface area contributed by atoms with Crippen LogP contribution in [0.3, 0.4) is 0 Å². The number of nitrogens with zero attached hydrogens (tertiary/aromatic N) is 1. The summed E-state index contributed by atoms with van der Waals surface area (Å²) in [5.74, 6) is -0.430. The van der Waals surface area contributed by atoms with Crippen molar-refractivity contribution in [2.45, 2.75) is 38.0 Å². The molecule has 4 N–H and O–H groups in total. The maximum absolute atomic E-state index is 11.3. The van der Waals surface area contributed by atoms with Gasteiger partial charge in [0.15, 0.2) is 0 Å². The standard InChI is InChI=1S/C27H32N2O3/c1-20(12-13-21-14-16-24(17-15-21)27(28)32)29(18-25(30)22-8-4-2-5-9-22)19-26(31)23-10-6-3-7-11-23/h2-11,14-17,20,25-26,30-31H,12-13,18-19H2,1H3,(H2,28,32)/t20-,25+,26+/m1/s1. The van der Waals surface area contributed by atoms with Crippen molar-refractivity contribution in [2.75, 3.05) is 13.1 Å². The largest absolute Gasteiger partial charge is 0.387 e. The molecule has 5 nitrogen and oxygen atoms in total. The van der Waals surface area contributed by atoms with Gasteiger partial charge in [0.05, 0.1) is 12.2 Å². The minimum absolute atomic E-state index is 0.127. The van der Waals surface area contributed by atoms with Gasteiger partial charge in [0, 0.05) is 24.7 Å². The SMILES string of the molecule is C[C@H](CCc1ccc(C(N)=O)cc1)N(C[C@H](O)c1ccccc1)C[C@H](O)c1ccccc1. The molecule has 0 aliphatic carbocycles. The fourth-order valence-electron chi connectivity index (χ4n) is 3.83. The number of primary amides is 1. The van der Waals surface area contributed by atoms with Crippen LogP contribution in [0.25, 0.3) is 0 Å². The highest BCUT2D eigenvalue weighted by molar-refractivity contribution is 5.92. The molecule has 3 rings (SSSR count). The first-order chi connectivity index (χ1) is 15.4. The maximum atomic E-state index is 11.3. The van der Waals surface area contributed by atoms with Crippen molar-refractivity contribution in [3.63, 3.8) is 0 Å². The zero-order valence-corrected chi connectivity index (χ0v) is 18.5. The molecular formula is C27H32N2O3. The van der Waals surface area contributed by atoms with Gasteiger partial charge in [-0.25, -0.2) is 0 Å². The van der Waals surface area contributed by atoms with Gasteiger partial charge in [0.1, 0.15) is 0 Å². The quantitative estimate of drug-likeness (QED) is 0.429. The number of amides is 1. The molecule has 168 valence electrons. The average Bonchev–Trinajstić information content (AvgIpc) is 2.83. The van der Waals surface area contributed by atoms with Crippen LogP contribution in [0.15, 0.2) is 84.9 Å². The molecule has 0 bridgehead atoms. The molecule has 0 heterocycles. The van der Waals surface area contributed by atoms with Gasteiger partial charge in [-0.1, -0.05) is 72.8 Å². The van der Waals surface area contributed by atoms with Gasteiger partial charge < -0.3 is 15.9 Å². The summed E-state index contributed by atoms with van der Waals surface area (Å²) in [5.41, 5.74) is 8.67. The molecule has 0 radical (unpaired) electrons. The number of aliphatic hydroxyl groups is 2. The summed E-state index contributed by atoms with van der Waals surface area (Å²) in [6, 6.07) is 26.7. The van der Waals surface area contributed by atoms with Crippen LogP contribution >= 0.6 is 0 Å². The Morgan fingerprint density at radius 1 is 0.812 bits per heavy atom.